The number of aryl methyl sites for hydroxylation is 1. The number of thioether (sulfide) groups is 1. The molecule has 0 aromatic carbocycles. The molecule has 0 bridgehead atoms. The Hall–Kier alpha value is -0.700. The summed E-state index contributed by atoms with van der Waals surface area (Å²) in [6.45, 7) is 4.11. The van der Waals surface area contributed by atoms with Gasteiger partial charge in [-0.3, -0.25) is 0 Å². The third-order valence-electron chi connectivity index (χ3n) is 1.42. The minimum atomic E-state index is 0.769. The van der Waals surface area contributed by atoms with Crippen molar-refractivity contribution in [3.63, 3.8) is 0 Å². The SMILES string of the molecule is CCSc1cc(C)c(N)cn1. The molecule has 1 rings (SSSR count). The van der Waals surface area contributed by atoms with Gasteiger partial charge < -0.3 is 5.73 Å². The Morgan fingerprint density at radius 1 is 1.64 bits per heavy atom. The van der Waals surface area contributed by atoms with E-state index in [2.05, 4.69) is 11.9 Å². The zero-order chi connectivity index (χ0) is 8.27. The summed E-state index contributed by atoms with van der Waals surface area (Å²) in [6, 6.07) is 2.02. The number of rotatable bonds is 2. The molecule has 11 heavy (non-hydrogen) atoms. The van der Waals surface area contributed by atoms with E-state index >= 15 is 0 Å². The van der Waals surface area contributed by atoms with Crippen LogP contribution < -0.4 is 5.73 Å². The lowest BCUT2D eigenvalue weighted by molar-refractivity contribution is 1.12. The maximum Gasteiger partial charge on any atom is 0.0964 e. The summed E-state index contributed by atoms with van der Waals surface area (Å²) in [4.78, 5) is 4.17. The van der Waals surface area contributed by atoms with Gasteiger partial charge in [0, 0.05) is 0 Å². The van der Waals surface area contributed by atoms with Gasteiger partial charge in [0.1, 0.15) is 0 Å². The minimum absolute atomic E-state index is 0.769. The third kappa shape index (κ3) is 2.12. The van der Waals surface area contributed by atoms with Crippen LogP contribution in [0, 0.1) is 6.92 Å². The number of aromatic nitrogens is 1. The maximum atomic E-state index is 5.61. The van der Waals surface area contributed by atoms with Crippen LogP contribution in [-0.2, 0) is 0 Å². The summed E-state index contributed by atoms with van der Waals surface area (Å²) in [7, 11) is 0. The van der Waals surface area contributed by atoms with E-state index in [4.69, 9.17) is 5.73 Å². The molecule has 3 heteroatoms. The first-order valence-corrected chi connectivity index (χ1v) is 4.57. The molecule has 1 heterocycles. The van der Waals surface area contributed by atoms with Crippen molar-refractivity contribution in [3.05, 3.63) is 17.8 Å². The van der Waals surface area contributed by atoms with Crippen LogP contribution in [0.1, 0.15) is 12.5 Å². The first kappa shape index (κ1) is 8.40. The highest BCUT2D eigenvalue weighted by molar-refractivity contribution is 7.99. The predicted octanol–water partition coefficient (Wildman–Crippen LogP) is 2.08. The molecule has 0 atom stereocenters. The van der Waals surface area contributed by atoms with Crippen molar-refractivity contribution in [2.75, 3.05) is 11.5 Å². The molecule has 0 radical (unpaired) electrons. The number of pyridine rings is 1. The normalized spacial score (nSPS) is 10.0. The zero-order valence-corrected chi connectivity index (χ0v) is 7.61. The number of hydrogen-bond acceptors (Lipinski definition) is 3. The number of nitrogens with two attached hydrogens (primary N) is 1. The third-order valence-corrected chi connectivity index (χ3v) is 2.23. The van der Waals surface area contributed by atoms with E-state index in [0.717, 1.165) is 22.0 Å². The van der Waals surface area contributed by atoms with Crippen LogP contribution in [-0.4, -0.2) is 10.7 Å². The van der Waals surface area contributed by atoms with E-state index in [9.17, 15) is 0 Å². The first-order valence-electron chi connectivity index (χ1n) is 3.59. The molecule has 2 N–H and O–H groups in total. The van der Waals surface area contributed by atoms with Crippen LogP contribution in [0.25, 0.3) is 0 Å². The maximum absolute atomic E-state index is 5.61. The number of nitrogen functional groups attached to an aromatic ring is 1. The Morgan fingerprint density at radius 2 is 2.36 bits per heavy atom. The Morgan fingerprint density at radius 3 is 2.91 bits per heavy atom. The van der Waals surface area contributed by atoms with Gasteiger partial charge in [0.25, 0.3) is 0 Å². The van der Waals surface area contributed by atoms with E-state index in [-0.39, 0.29) is 0 Å². The van der Waals surface area contributed by atoms with Crippen molar-refractivity contribution >= 4 is 17.4 Å². The van der Waals surface area contributed by atoms with Gasteiger partial charge >= 0.3 is 0 Å². The van der Waals surface area contributed by atoms with Crippen LogP contribution in [0.15, 0.2) is 17.3 Å². The van der Waals surface area contributed by atoms with Crippen LogP contribution in [0.3, 0.4) is 0 Å². The Bertz CT molecular complexity index is 248. The molecular formula is C8H12N2S. The largest absolute Gasteiger partial charge is 0.397 e. The second-order valence-corrected chi connectivity index (χ2v) is 3.60. The van der Waals surface area contributed by atoms with Gasteiger partial charge in [-0.2, -0.15) is 0 Å². The molecule has 0 spiro atoms. The smallest absolute Gasteiger partial charge is 0.0964 e. The molecule has 0 aliphatic carbocycles. The van der Waals surface area contributed by atoms with E-state index in [1.807, 2.05) is 13.0 Å². The van der Waals surface area contributed by atoms with Crippen molar-refractivity contribution in [3.8, 4) is 0 Å². The average Bonchev–Trinajstić information content (AvgIpc) is 1.98. The quantitative estimate of drug-likeness (QED) is 0.687. The zero-order valence-electron chi connectivity index (χ0n) is 6.79. The average molecular weight is 168 g/mol. The molecule has 0 aliphatic rings. The van der Waals surface area contributed by atoms with Crippen LogP contribution in [0.4, 0.5) is 5.69 Å². The predicted molar refractivity (Wildman–Crippen MR) is 49.8 cm³/mol. The first-order chi connectivity index (χ1) is 5.24. The lowest BCUT2D eigenvalue weighted by atomic mass is 10.3. The van der Waals surface area contributed by atoms with Gasteiger partial charge in [0.05, 0.1) is 16.9 Å². The lowest BCUT2D eigenvalue weighted by Crippen LogP contribution is -1.91. The van der Waals surface area contributed by atoms with Crippen LogP contribution >= 0.6 is 11.8 Å². The summed E-state index contributed by atoms with van der Waals surface area (Å²) in [5.41, 5.74) is 7.49. The van der Waals surface area contributed by atoms with Crippen molar-refractivity contribution in [2.24, 2.45) is 0 Å². The van der Waals surface area contributed by atoms with Crippen molar-refractivity contribution in [1.82, 2.24) is 4.98 Å². The topological polar surface area (TPSA) is 38.9 Å². The van der Waals surface area contributed by atoms with Crippen LogP contribution in [0.5, 0.6) is 0 Å². The fraction of sp³-hybridized carbons (Fsp3) is 0.375. The molecule has 60 valence electrons. The van der Waals surface area contributed by atoms with E-state index < -0.39 is 0 Å². The molecule has 0 unspecified atom stereocenters. The van der Waals surface area contributed by atoms with Gasteiger partial charge in [-0.25, -0.2) is 4.98 Å². The van der Waals surface area contributed by atoms with Gasteiger partial charge in [-0.15, -0.1) is 11.8 Å². The highest BCUT2D eigenvalue weighted by Crippen LogP contribution is 2.18. The van der Waals surface area contributed by atoms with Gasteiger partial charge in [-0.1, -0.05) is 6.92 Å². The van der Waals surface area contributed by atoms with E-state index in [0.29, 0.717) is 0 Å². The molecule has 0 saturated carbocycles. The molecule has 0 amide bonds. The molecule has 1 aromatic heterocycles. The van der Waals surface area contributed by atoms with Gasteiger partial charge in [0.15, 0.2) is 0 Å². The fourth-order valence-corrected chi connectivity index (χ4v) is 1.45. The van der Waals surface area contributed by atoms with E-state index in [1.165, 1.54) is 0 Å². The molecule has 0 aliphatic heterocycles. The molecule has 1 aromatic rings. The Labute approximate surface area is 71.2 Å². The summed E-state index contributed by atoms with van der Waals surface area (Å²) in [5.74, 6) is 1.05. The minimum Gasteiger partial charge on any atom is -0.397 e. The highest BCUT2D eigenvalue weighted by Gasteiger charge is 1.96. The van der Waals surface area contributed by atoms with Gasteiger partial charge in [0.2, 0.25) is 0 Å². The monoisotopic (exact) mass is 168 g/mol. The summed E-state index contributed by atoms with van der Waals surface area (Å²) < 4.78 is 0. The fourth-order valence-electron chi connectivity index (χ4n) is 0.768. The number of anilines is 1. The standard InChI is InChI=1S/C8H12N2S/c1-3-11-8-4-6(2)7(9)5-10-8/h4-5H,3,9H2,1-2H3. The molecule has 2 nitrogen and oxygen atoms in total. The Kier molecular flexibility index (Phi) is 2.76. The molecule has 0 fully saturated rings. The lowest BCUT2D eigenvalue weighted by Gasteiger charge is -2.01. The number of nitrogens with zero attached hydrogens (tertiary/aromatic N) is 1. The Balaban J connectivity index is 2.86. The van der Waals surface area contributed by atoms with Crippen molar-refractivity contribution < 1.29 is 0 Å². The summed E-state index contributed by atoms with van der Waals surface area (Å²) in [6.07, 6.45) is 1.72. The molecule has 0 saturated heterocycles. The summed E-state index contributed by atoms with van der Waals surface area (Å²) >= 11 is 1.73. The highest BCUT2D eigenvalue weighted by atomic mass is 32.2. The second kappa shape index (κ2) is 3.62. The number of hydrogen-bond donors (Lipinski definition) is 1. The summed E-state index contributed by atoms with van der Waals surface area (Å²) in [5, 5.41) is 1.05. The molecular weight excluding hydrogens is 156 g/mol. The second-order valence-electron chi connectivity index (χ2n) is 2.31. The van der Waals surface area contributed by atoms with Gasteiger partial charge in [-0.05, 0) is 24.3 Å². The van der Waals surface area contributed by atoms with Crippen molar-refractivity contribution in [2.45, 2.75) is 18.9 Å². The van der Waals surface area contributed by atoms with E-state index in [1.54, 1.807) is 18.0 Å². The van der Waals surface area contributed by atoms with Crippen LogP contribution in [0.2, 0.25) is 0 Å². The van der Waals surface area contributed by atoms with Crippen molar-refractivity contribution in [1.29, 1.82) is 0 Å².